The van der Waals surface area contributed by atoms with Crippen LogP contribution in [-0.4, -0.2) is 18.3 Å². The van der Waals surface area contributed by atoms with E-state index in [9.17, 15) is 0 Å². The van der Waals surface area contributed by atoms with Gasteiger partial charge in [-0.15, -0.1) is 0 Å². The molecule has 0 unspecified atom stereocenters. The van der Waals surface area contributed by atoms with Crippen molar-refractivity contribution >= 4 is 7.12 Å². The highest BCUT2D eigenvalue weighted by Crippen LogP contribution is 2.39. The smallest absolute Gasteiger partial charge is 0.403 e. The van der Waals surface area contributed by atoms with Gasteiger partial charge in [0, 0.05) is 0 Å². The first-order chi connectivity index (χ1) is 6.91. The maximum atomic E-state index is 5.98. The Balaban J connectivity index is 1.91. The molecule has 0 aromatic carbocycles. The Morgan fingerprint density at radius 3 is 2.00 bits per heavy atom. The molecule has 1 heterocycles. The van der Waals surface area contributed by atoms with E-state index in [0.717, 1.165) is 12.2 Å². The van der Waals surface area contributed by atoms with Gasteiger partial charge in [-0.3, -0.25) is 0 Å². The van der Waals surface area contributed by atoms with Crippen LogP contribution in [0.2, 0.25) is 6.32 Å². The Hall–Kier alpha value is -0.275. The highest BCUT2D eigenvalue weighted by atomic mass is 16.7. The molecule has 0 N–H and O–H groups in total. The summed E-state index contributed by atoms with van der Waals surface area (Å²) in [5, 5.41) is 0. The summed E-state index contributed by atoms with van der Waals surface area (Å²) in [6.45, 7) is 8.44. The lowest BCUT2D eigenvalue weighted by Gasteiger charge is -2.32. The van der Waals surface area contributed by atoms with Crippen molar-refractivity contribution in [2.24, 2.45) is 5.92 Å². The fourth-order valence-corrected chi connectivity index (χ4v) is 2.20. The standard InChI is InChI=1S/C12H21BO2/c1-11(2)12(3,4)15-13(14-11)9-10-7-5-6-8-10/h5-6,10H,7-9H2,1-4H3. The molecule has 2 aliphatic rings. The van der Waals surface area contributed by atoms with E-state index in [0.29, 0.717) is 0 Å². The second-order valence-corrected chi connectivity index (χ2v) is 5.73. The van der Waals surface area contributed by atoms with Crippen molar-refractivity contribution in [2.45, 2.75) is 58.1 Å². The first-order valence-electron chi connectivity index (χ1n) is 5.91. The van der Waals surface area contributed by atoms with Crippen LogP contribution in [0.3, 0.4) is 0 Å². The number of allylic oxidation sites excluding steroid dienone is 2. The highest BCUT2D eigenvalue weighted by molar-refractivity contribution is 6.45. The number of hydrogen-bond donors (Lipinski definition) is 0. The van der Waals surface area contributed by atoms with E-state index < -0.39 is 0 Å². The van der Waals surface area contributed by atoms with Crippen molar-refractivity contribution < 1.29 is 9.31 Å². The molecule has 0 aromatic heterocycles. The monoisotopic (exact) mass is 208 g/mol. The Morgan fingerprint density at radius 2 is 1.53 bits per heavy atom. The molecule has 2 rings (SSSR count). The van der Waals surface area contributed by atoms with Crippen LogP contribution >= 0.6 is 0 Å². The van der Waals surface area contributed by atoms with Crippen LogP contribution in [0.5, 0.6) is 0 Å². The van der Waals surface area contributed by atoms with E-state index in [1.54, 1.807) is 0 Å². The van der Waals surface area contributed by atoms with E-state index in [1.807, 2.05) is 0 Å². The van der Waals surface area contributed by atoms with E-state index in [4.69, 9.17) is 9.31 Å². The number of rotatable bonds is 2. The SMILES string of the molecule is CC1(C)OB(CC2CC=CC2)OC1(C)C. The maximum Gasteiger partial charge on any atom is 0.458 e. The normalized spacial score (nSPS) is 28.9. The molecule has 1 aliphatic carbocycles. The van der Waals surface area contributed by atoms with Crippen molar-refractivity contribution in [3.05, 3.63) is 12.2 Å². The molecule has 0 amide bonds. The largest absolute Gasteiger partial charge is 0.458 e. The van der Waals surface area contributed by atoms with Crippen molar-refractivity contribution in [3.8, 4) is 0 Å². The summed E-state index contributed by atoms with van der Waals surface area (Å²) in [4.78, 5) is 0. The molecule has 15 heavy (non-hydrogen) atoms. The van der Waals surface area contributed by atoms with Gasteiger partial charge in [-0.05, 0) is 52.8 Å². The molecule has 0 atom stereocenters. The molecule has 2 nitrogen and oxygen atoms in total. The Bertz CT molecular complexity index is 247. The van der Waals surface area contributed by atoms with Crippen LogP contribution in [0.1, 0.15) is 40.5 Å². The predicted molar refractivity (Wildman–Crippen MR) is 62.8 cm³/mol. The van der Waals surface area contributed by atoms with Crippen LogP contribution in [0.4, 0.5) is 0 Å². The molecule has 0 bridgehead atoms. The Kier molecular flexibility index (Phi) is 2.72. The fourth-order valence-electron chi connectivity index (χ4n) is 2.20. The minimum absolute atomic E-state index is 0.0140. The van der Waals surface area contributed by atoms with Crippen LogP contribution in [0.15, 0.2) is 12.2 Å². The second-order valence-electron chi connectivity index (χ2n) is 5.73. The molecule has 0 spiro atoms. The highest BCUT2D eigenvalue weighted by Gasteiger charge is 2.51. The van der Waals surface area contributed by atoms with E-state index >= 15 is 0 Å². The summed E-state index contributed by atoms with van der Waals surface area (Å²) >= 11 is 0. The zero-order valence-electron chi connectivity index (χ0n) is 10.2. The molecule has 84 valence electrons. The third kappa shape index (κ3) is 2.14. The average Bonchev–Trinajstić information content (AvgIpc) is 2.59. The lowest BCUT2D eigenvalue weighted by molar-refractivity contribution is 0.00578. The van der Waals surface area contributed by atoms with Crippen molar-refractivity contribution in [1.82, 2.24) is 0 Å². The van der Waals surface area contributed by atoms with E-state index in [-0.39, 0.29) is 18.3 Å². The topological polar surface area (TPSA) is 18.5 Å². The molecule has 1 fully saturated rings. The predicted octanol–water partition coefficient (Wildman–Crippen LogP) is 3.04. The molecular formula is C12H21BO2. The first kappa shape index (κ1) is 11.2. The third-order valence-electron chi connectivity index (χ3n) is 3.93. The molecule has 0 aromatic rings. The second kappa shape index (κ2) is 3.64. The quantitative estimate of drug-likeness (QED) is 0.512. The van der Waals surface area contributed by atoms with Gasteiger partial charge in [0.2, 0.25) is 0 Å². The summed E-state index contributed by atoms with van der Waals surface area (Å²) in [6, 6.07) is 0. The van der Waals surface area contributed by atoms with Gasteiger partial charge in [-0.2, -0.15) is 0 Å². The average molecular weight is 208 g/mol. The lowest BCUT2D eigenvalue weighted by Crippen LogP contribution is -2.41. The summed E-state index contributed by atoms with van der Waals surface area (Å²) in [5.74, 6) is 0.722. The minimum atomic E-state index is -0.177. The third-order valence-corrected chi connectivity index (χ3v) is 3.93. The molecule has 0 radical (unpaired) electrons. The van der Waals surface area contributed by atoms with E-state index in [2.05, 4.69) is 39.8 Å². The fraction of sp³-hybridized carbons (Fsp3) is 0.833. The van der Waals surface area contributed by atoms with Crippen LogP contribution < -0.4 is 0 Å². The van der Waals surface area contributed by atoms with Gasteiger partial charge in [0.25, 0.3) is 0 Å². The maximum absolute atomic E-state index is 5.98. The van der Waals surface area contributed by atoms with Gasteiger partial charge >= 0.3 is 7.12 Å². The summed E-state index contributed by atoms with van der Waals surface area (Å²) < 4.78 is 12.0. The van der Waals surface area contributed by atoms with Crippen molar-refractivity contribution in [1.29, 1.82) is 0 Å². The summed E-state index contributed by atoms with van der Waals surface area (Å²) in [6.07, 6.45) is 7.92. The van der Waals surface area contributed by atoms with Crippen molar-refractivity contribution in [2.75, 3.05) is 0 Å². The lowest BCUT2D eigenvalue weighted by atomic mass is 9.76. The Morgan fingerprint density at radius 1 is 1.07 bits per heavy atom. The zero-order chi connectivity index (χ0) is 11.1. The number of hydrogen-bond acceptors (Lipinski definition) is 2. The Labute approximate surface area is 93.2 Å². The molecular weight excluding hydrogens is 187 g/mol. The minimum Gasteiger partial charge on any atom is -0.403 e. The van der Waals surface area contributed by atoms with Gasteiger partial charge in [-0.25, -0.2) is 0 Å². The van der Waals surface area contributed by atoms with Crippen LogP contribution in [-0.2, 0) is 9.31 Å². The molecule has 0 saturated carbocycles. The zero-order valence-corrected chi connectivity index (χ0v) is 10.2. The molecule has 1 aliphatic heterocycles. The van der Waals surface area contributed by atoms with Gasteiger partial charge in [0.05, 0.1) is 11.2 Å². The van der Waals surface area contributed by atoms with E-state index in [1.165, 1.54) is 12.8 Å². The van der Waals surface area contributed by atoms with Gasteiger partial charge in [-0.1, -0.05) is 12.2 Å². The molecule has 3 heteroatoms. The van der Waals surface area contributed by atoms with Crippen LogP contribution in [0, 0.1) is 5.92 Å². The summed E-state index contributed by atoms with van der Waals surface area (Å²) in [7, 11) is -0.0140. The van der Waals surface area contributed by atoms with Gasteiger partial charge < -0.3 is 9.31 Å². The summed E-state index contributed by atoms with van der Waals surface area (Å²) in [5.41, 5.74) is -0.354. The van der Waals surface area contributed by atoms with Gasteiger partial charge in [0.15, 0.2) is 0 Å². The first-order valence-corrected chi connectivity index (χ1v) is 5.91. The van der Waals surface area contributed by atoms with Gasteiger partial charge in [0.1, 0.15) is 0 Å². The van der Waals surface area contributed by atoms with Crippen molar-refractivity contribution in [3.63, 3.8) is 0 Å². The molecule has 1 saturated heterocycles. The van der Waals surface area contributed by atoms with Crippen LogP contribution in [0.25, 0.3) is 0 Å².